The fourth-order valence-electron chi connectivity index (χ4n) is 1.74. The normalized spacial score (nSPS) is 14.5. The van der Waals surface area contributed by atoms with Crippen LogP contribution in [-0.2, 0) is 11.3 Å². The van der Waals surface area contributed by atoms with Crippen LogP contribution in [0.5, 0.6) is 5.75 Å². The van der Waals surface area contributed by atoms with E-state index in [1.54, 1.807) is 18.2 Å². The summed E-state index contributed by atoms with van der Waals surface area (Å²) >= 11 is 0. The quantitative estimate of drug-likeness (QED) is 0.784. The average molecular weight is 217 g/mol. The molecule has 1 aromatic rings. The van der Waals surface area contributed by atoms with Gasteiger partial charge in [0.1, 0.15) is 5.75 Å². The number of carbonyl (C=O) groups excluding carboxylic acids is 1. The molecule has 1 aromatic carbocycles. The Labute approximate surface area is 95.0 Å². The number of phenols is 1. The number of hydrogen-bond donors (Lipinski definition) is 1. The molecular formula is C13H15NO2. The molecule has 0 saturated heterocycles. The number of rotatable bonds is 4. The van der Waals surface area contributed by atoms with Gasteiger partial charge in [-0.15, -0.1) is 0 Å². The van der Waals surface area contributed by atoms with E-state index in [2.05, 4.69) is 6.58 Å². The summed E-state index contributed by atoms with van der Waals surface area (Å²) in [4.78, 5) is 13.4. The highest BCUT2D eigenvalue weighted by molar-refractivity contribution is 5.87. The molecule has 0 aromatic heterocycles. The second kappa shape index (κ2) is 4.39. The minimum atomic E-state index is -0.0363. The van der Waals surface area contributed by atoms with E-state index in [4.69, 9.17) is 0 Å². The van der Waals surface area contributed by atoms with Crippen LogP contribution in [0.3, 0.4) is 0 Å². The molecule has 1 aliphatic rings. The standard InChI is InChI=1S/C13H15NO2/c1-2-13(16)14(11-6-7-11)9-10-4-3-5-12(15)8-10/h2-5,8,11,15H,1,6-7,9H2. The Kier molecular flexibility index (Phi) is 2.95. The summed E-state index contributed by atoms with van der Waals surface area (Å²) in [5.74, 6) is 0.199. The van der Waals surface area contributed by atoms with Gasteiger partial charge in [0.15, 0.2) is 0 Å². The van der Waals surface area contributed by atoms with Gasteiger partial charge in [-0.2, -0.15) is 0 Å². The van der Waals surface area contributed by atoms with Crippen molar-refractivity contribution in [2.24, 2.45) is 0 Å². The van der Waals surface area contributed by atoms with E-state index in [0.717, 1.165) is 18.4 Å². The largest absolute Gasteiger partial charge is 0.508 e. The number of carbonyl (C=O) groups is 1. The van der Waals surface area contributed by atoms with Gasteiger partial charge in [-0.05, 0) is 36.6 Å². The molecule has 16 heavy (non-hydrogen) atoms. The van der Waals surface area contributed by atoms with E-state index in [1.165, 1.54) is 6.08 Å². The monoisotopic (exact) mass is 217 g/mol. The van der Waals surface area contributed by atoms with Crippen LogP contribution in [0.1, 0.15) is 18.4 Å². The number of phenolic OH excluding ortho intramolecular Hbond substituents is 1. The van der Waals surface area contributed by atoms with Crippen LogP contribution >= 0.6 is 0 Å². The summed E-state index contributed by atoms with van der Waals surface area (Å²) in [7, 11) is 0. The first-order chi connectivity index (χ1) is 7.70. The number of hydrogen-bond acceptors (Lipinski definition) is 2. The number of amides is 1. The molecule has 0 radical (unpaired) electrons. The second-order valence-electron chi connectivity index (χ2n) is 4.07. The molecule has 1 N–H and O–H groups in total. The zero-order valence-electron chi connectivity index (χ0n) is 9.10. The lowest BCUT2D eigenvalue weighted by Crippen LogP contribution is -2.30. The Morgan fingerprint density at radius 1 is 1.56 bits per heavy atom. The highest BCUT2D eigenvalue weighted by atomic mass is 16.3. The van der Waals surface area contributed by atoms with Crippen LogP contribution in [0.2, 0.25) is 0 Å². The third-order valence-electron chi connectivity index (χ3n) is 2.71. The topological polar surface area (TPSA) is 40.5 Å². The summed E-state index contributed by atoms with van der Waals surface area (Å²) in [6.07, 6.45) is 3.48. The zero-order chi connectivity index (χ0) is 11.5. The van der Waals surface area contributed by atoms with E-state index >= 15 is 0 Å². The van der Waals surface area contributed by atoms with Gasteiger partial charge in [-0.25, -0.2) is 0 Å². The first kappa shape index (κ1) is 10.7. The van der Waals surface area contributed by atoms with Crippen LogP contribution in [-0.4, -0.2) is 22.0 Å². The minimum absolute atomic E-state index is 0.0363. The number of aromatic hydroxyl groups is 1. The third-order valence-corrected chi connectivity index (χ3v) is 2.71. The van der Waals surface area contributed by atoms with E-state index in [-0.39, 0.29) is 11.7 Å². The first-order valence-electron chi connectivity index (χ1n) is 5.41. The lowest BCUT2D eigenvalue weighted by Gasteiger charge is -2.20. The Bertz CT molecular complexity index is 410. The van der Waals surface area contributed by atoms with Crippen molar-refractivity contribution in [3.8, 4) is 5.75 Å². The van der Waals surface area contributed by atoms with Gasteiger partial charge < -0.3 is 10.0 Å². The lowest BCUT2D eigenvalue weighted by molar-refractivity contribution is -0.127. The van der Waals surface area contributed by atoms with Crippen LogP contribution in [0.25, 0.3) is 0 Å². The fourth-order valence-corrected chi connectivity index (χ4v) is 1.74. The van der Waals surface area contributed by atoms with E-state index in [1.807, 2.05) is 11.0 Å². The van der Waals surface area contributed by atoms with Gasteiger partial charge in [0, 0.05) is 12.6 Å². The summed E-state index contributed by atoms with van der Waals surface area (Å²) in [5.41, 5.74) is 0.946. The number of nitrogens with zero attached hydrogens (tertiary/aromatic N) is 1. The highest BCUT2D eigenvalue weighted by Crippen LogP contribution is 2.29. The maximum Gasteiger partial charge on any atom is 0.246 e. The highest BCUT2D eigenvalue weighted by Gasteiger charge is 2.31. The average Bonchev–Trinajstić information content (AvgIpc) is 3.09. The van der Waals surface area contributed by atoms with Gasteiger partial charge >= 0.3 is 0 Å². The Morgan fingerprint density at radius 3 is 2.88 bits per heavy atom. The van der Waals surface area contributed by atoms with Crippen molar-refractivity contribution >= 4 is 5.91 Å². The summed E-state index contributed by atoms with van der Waals surface area (Å²) in [6, 6.07) is 7.36. The molecule has 1 saturated carbocycles. The molecule has 0 unspecified atom stereocenters. The van der Waals surface area contributed by atoms with Gasteiger partial charge in [0.05, 0.1) is 0 Å². The molecule has 0 bridgehead atoms. The molecule has 0 heterocycles. The summed E-state index contributed by atoms with van der Waals surface area (Å²) in [5, 5.41) is 9.35. The molecule has 1 amide bonds. The molecule has 2 rings (SSSR count). The maximum absolute atomic E-state index is 11.6. The van der Waals surface area contributed by atoms with Crippen LogP contribution in [0.4, 0.5) is 0 Å². The van der Waals surface area contributed by atoms with Crippen LogP contribution in [0.15, 0.2) is 36.9 Å². The second-order valence-corrected chi connectivity index (χ2v) is 4.07. The van der Waals surface area contributed by atoms with Crippen LogP contribution < -0.4 is 0 Å². The lowest BCUT2D eigenvalue weighted by atomic mass is 10.2. The minimum Gasteiger partial charge on any atom is -0.508 e. The van der Waals surface area contributed by atoms with Gasteiger partial charge in [-0.3, -0.25) is 4.79 Å². The Balaban J connectivity index is 2.11. The van der Waals surface area contributed by atoms with E-state index in [9.17, 15) is 9.90 Å². The number of benzene rings is 1. The molecule has 1 aliphatic carbocycles. The molecule has 0 aliphatic heterocycles. The molecule has 1 fully saturated rings. The molecule has 0 atom stereocenters. The van der Waals surface area contributed by atoms with Crippen molar-refractivity contribution in [3.05, 3.63) is 42.5 Å². The molecule has 3 heteroatoms. The first-order valence-corrected chi connectivity index (χ1v) is 5.41. The molecule has 3 nitrogen and oxygen atoms in total. The molecular weight excluding hydrogens is 202 g/mol. The van der Waals surface area contributed by atoms with Crippen molar-refractivity contribution in [2.45, 2.75) is 25.4 Å². The molecule has 84 valence electrons. The van der Waals surface area contributed by atoms with E-state index in [0.29, 0.717) is 12.6 Å². The van der Waals surface area contributed by atoms with Gasteiger partial charge in [-0.1, -0.05) is 18.7 Å². The third kappa shape index (κ3) is 2.42. The summed E-state index contributed by atoms with van der Waals surface area (Å²) in [6.45, 7) is 4.06. The van der Waals surface area contributed by atoms with Crippen molar-refractivity contribution in [1.29, 1.82) is 0 Å². The Morgan fingerprint density at radius 2 is 2.31 bits per heavy atom. The Hall–Kier alpha value is -1.77. The van der Waals surface area contributed by atoms with Crippen molar-refractivity contribution < 1.29 is 9.90 Å². The predicted molar refractivity (Wildman–Crippen MR) is 61.9 cm³/mol. The van der Waals surface area contributed by atoms with Crippen LogP contribution in [0, 0.1) is 0 Å². The van der Waals surface area contributed by atoms with Crippen molar-refractivity contribution in [3.63, 3.8) is 0 Å². The summed E-state index contributed by atoms with van der Waals surface area (Å²) < 4.78 is 0. The van der Waals surface area contributed by atoms with Gasteiger partial charge in [0.25, 0.3) is 0 Å². The molecule has 0 spiro atoms. The SMILES string of the molecule is C=CC(=O)N(Cc1cccc(O)c1)C1CC1. The zero-order valence-corrected chi connectivity index (χ0v) is 9.10. The van der Waals surface area contributed by atoms with Crippen molar-refractivity contribution in [1.82, 2.24) is 4.90 Å². The smallest absolute Gasteiger partial charge is 0.246 e. The maximum atomic E-state index is 11.6. The predicted octanol–water partition coefficient (Wildman–Crippen LogP) is 2.07. The van der Waals surface area contributed by atoms with Crippen molar-refractivity contribution in [2.75, 3.05) is 0 Å². The fraction of sp³-hybridized carbons (Fsp3) is 0.308. The van der Waals surface area contributed by atoms with Gasteiger partial charge in [0.2, 0.25) is 5.91 Å². The van der Waals surface area contributed by atoms with E-state index < -0.39 is 0 Å².